The Bertz CT molecular complexity index is 257. The molecule has 1 aliphatic carbocycles. The van der Waals surface area contributed by atoms with Crippen LogP contribution in [0.25, 0.3) is 0 Å². The number of benzene rings is 1. The first-order valence-electron chi connectivity index (χ1n) is 4.29. The molecule has 1 heteroatoms. The van der Waals surface area contributed by atoms with Gasteiger partial charge < -0.3 is 0 Å². The molecule has 0 atom stereocenters. The van der Waals surface area contributed by atoms with Gasteiger partial charge in [0.25, 0.3) is 0 Å². The fraction of sp³-hybridized carbons (Fsp3) is 0.0833. The molecule has 0 amide bonds. The number of rotatable bonds is 2. The molecule has 65 valence electrons. The number of hydrogen-bond acceptors (Lipinski definition) is 0. The maximum atomic E-state index is 12.6. The van der Waals surface area contributed by atoms with E-state index < -0.39 is 0 Å². The zero-order chi connectivity index (χ0) is 9.10. The van der Waals surface area contributed by atoms with Crippen LogP contribution >= 0.6 is 0 Å². The average molecular weight is 173 g/mol. The number of hydrogen-bond donors (Lipinski definition) is 0. The van der Waals surface area contributed by atoms with E-state index in [9.17, 15) is 4.39 Å². The highest BCUT2D eigenvalue weighted by molar-refractivity contribution is 5.38. The van der Waals surface area contributed by atoms with Crippen molar-refractivity contribution in [3.63, 3.8) is 0 Å². The van der Waals surface area contributed by atoms with E-state index in [-0.39, 0.29) is 5.82 Å². The molecule has 0 aliphatic heterocycles. The molecule has 0 saturated heterocycles. The summed E-state index contributed by atoms with van der Waals surface area (Å²) in [6.07, 6.45) is 9.05. The Labute approximate surface area is 78.8 Å². The van der Waals surface area contributed by atoms with Gasteiger partial charge in [-0.15, -0.1) is 0 Å². The third-order valence-corrected chi connectivity index (χ3v) is 2.05. The summed E-state index contributed by atoms with van der Waals surface area (Å²) in [5, 5.41) is 0. The molecule has 1 aliphatic rings. The van der Waals surface area contributed by atoms with Gasteiger partial charge in [-0.25, -0.2) is 4.39 Å². The molecule has 0 aromatic heterocycles. The van der Waals surface area contributed by atoms with Gasteiger partial charge in [-0.3, -0.25) is 0 Å². The lowest BCUT2D eigenvalue weighted by Gasteiger charge is -2.06. The van der Waals surface area contributed by atoms with Gasteiger partial charge >= 0.3 is 0 Å². The molecule has 2 rings (SSSR count). The summed E-state index contributed by atoms with van der Waals surface area (Å²) in [4.78, 5) is 0. The molecule has 0 nitrogen and oxygen atoms in total. The minimum absolute atomic E-state index is 0.175. The largest absolute Gasteiger partial charge is 0.207 e. The molecule has 0 spiro atoms. The Kier molecular flexibility index (Phi) is 2.62. The van der Waals surface area contributed by atoms with Gasteiger partial charge in [-0.1, -0.05) is 12.1 Å². The van der Waals surface area contributed by atoms with Crippen molar-refractivity contribution in [2.45, 2.75) is 6.42 Å². The standard InChI is InChI=1S/C12H10F/c13-12-7-5-11(6-8-12)9-10-3-1-2-4-10/h1-8H,9H2. The topological polar surface area (TPSA) is 0 Å². The smallest absolute Gasteiger partial charge is 0.123 e. The van der Waals surface area contributed by atoms with E-state index in [1.54, 1.807) is 0 Å². The van der Waals surface area contributed by atoms with Gasteiger partial charge in [0.05, 0.1) is 0 Å². The van der Waals surface area contributed by atoms with Crippen molar-refractivity contribution in [2.75, 3.05) is 0 Å². The second-order valence-corrected chi connectivity index (χ2v) is 3.10. The Balaban J connectivity index is 1.97. The van der Waals surface area contributed by atoms with Gasteiger partial charge in [0.15, 0.2) is 0 Å². The van der Waals surface area contributed by atoms with Crippen molar-refractivity contribution in [2.24, 2.45) is 0 Å². The van der Waals surface area contributed by atoms with Crippen molar-refractivity contribution < 1.29 is 4.39 Å². The Morgan fingerprint density at radius 3 is 2.15 bits per heavy atom. The summed E-state index contributed by atoms with van der Waals surface area (Å²) >= 11 is 0. The quantitative estimate of drug-likeness (QED) is 0.645. The lowest BCUT2D eigenvalue weighted by Crippen LogP contribution is -1.97. The van der Waals surface area contributed by atoms with E-state index in [1.807, 2.05) is 25.0 Å². The van der Waals surface area contributed by atoms with E-state index in [1.165, 1.54) is 18.1 Å². The van der Waals surface area contributed by atoms with E-state index in [0.717, 1.165) is 12.0 Å². The van der Waals surface area contributed by atoms with Gasteiger partial charge in [0, 0.05) is 0 Å². The fourth-order valence-electron chi connectivity index (χ4n) is 1.37. The third kappa shape index (κ3) is 2.30. The maximum Gasteiger partial charge on any atom is 0.123 e. The van der Waals surface area contributed by atoms with E-state index >= 15 is 0 Å². The second kappa shape index (κ2) is 3.91. The summed E-state index contributed by atoms with van der Waals surface area (Å²) in [6, 6.07) is 6.64. The highest BCUT2D eigenvalue weighted by Gasteiger charge is 2.16. The Morgan fingerprint density at radius 1 is 0.923 bits per heavy atom. The van der Waals surface area contributed by atoms with Crippen molar-refractivity contribution in [1.29, 1.82) is 0 Å². The average Bonchev–Trinajstić information content (AvgIpc) is 2.62. The molecular weight excluding hydrogens is 163 g/mol. The second-order valence-electron chi connectivity index (χ2n) is 3.10. The van der Waals surface area contributed by atoms with E-state index in [0.29, 0.717) is 0 Å². The van der Waals surface area contributed by atoms with Crippen molar-refractivity contribution in [3.8, 4) is 0 Å². The summed E-state index contributed by atoms with van der Waals surface area (Å²) in [7, 11) is 0. The van der Waals surface area contributed by atoms with Crippen LogP contribution in [0.15, 0.2) is 24.3 Å². The van der Waals surface area contributed by atoms with Crippen LogP contribution in [-0.2, 0) is 6.42 Å². The first-order valence-corrected chi connectivity index (χ1v) is 4.29. The minimum Gasteiger partial charge on any atom is -0.207 e. The minimum atomic E-state index is -0.175. The lowest BCUT2D eigenvalue weighted by molar-refractivity contribution is 0.627. The molecule has 0 heterocycles. The molecule has 0 bridgehead atoms. The van der Waals surface area contributed by atoms with Crippen LogP contribution in [0.1, 0.15) is 5.56 Å². The van der Waals surface area contributed by atoms with Gasteiger partial charge in [0.2, 0.25) is 0 Å². The van der Waals surface area contributed by atoms with Crippen LogP contribution < -0.4 is 0 Å². The van der Waals surface area contributed by atoms with Gasteiger partial charge in [-0.2, -0.15) is 0 Å². The van der Waals surface area contributed by atoms with Crippen molar-refractivity contribution >= 4 is 0 Å². The van der Waals surface area contributed by atoms with Gasteiger partial charge in [0.1, 0.15) is 5.82 Å². The third-order valence-electron chi connectivity index (χ3n) is 2.05. The summed E-state index contributed by atoms with van der Waals surface area (Å²) in [5.74, 6) is 1.10. The van der Waals surface area contributed by atoms with Crippen LogP contribution in [-0.4, -0.2) is 0 Å². The Hall–Kier alpha value is -0.850. The first kappa shape index (κ1) is 8.74. The SMILES string of the molecule is Fc1ccc(C[C]2[CH][CH][CH][CH]2)cc1. The summed E-state index contributed by atoms with van der Waals surface area (Å²) < 4.78 is 12.6. The zero-order valence-electron chi connectivity index (χ0n) is 7.20. The van der Waals surface area contributed by atoms with E-state index in [2.05, 4.69) is 12.8 Å². The summed E-state index contributed by atoms with van der Waals surface area (Å²) in [5.41, 5.74) is 1.15. The highest BCUT2D eigenvalue weighted by atomic mass is 19.1. The van der Waals surface area contributed by atoms with Crippen molar-refractivity contribution in [1.82, 2.24) is 0 Å². The molecule has 1 saturated carbocycles. The molecule has 0 N–H and O–H groups in total. The normalized spacial score (nSPS) is 17.9. The first-order chi connectivity index (χ1) is 6.34. The predicted octanol–water partition coefficient (Wildman–Crippen LogP) is 2.77. The molecule has 1 aromatic rings. The monoisotopic (exact) mass is 173 g/mol. The maximum absolute atomic E-state index is 12.6. The molecule has 1 aromatic carbocycles. The Morgan fingerprint density at radius 2 is 1.54 bits per heavy atom. The fourth-order valence-corrected chi connectivity index (χ4v) is 1.37. The zero-order valence-corrected chi connectivity index (χ0v) is 7.20. The van der Waals surface area contributed by atoms with Crippen LogP contribution in [0.4, 0.5) is 4.39 Å². The molecule has 1 fully saturated rings. The summed E-state index contributed by atoms with van der Waals surface area (Å²) in [6.45, 7) is 0. The van der Waals surface area contributed by atoms with Crippen LogP contribution in [0.3, 0.4) is 0 Å². The molecule has 0 unspecified atom stereocenters. The van der Waals surface area contributed by atoms with Crippen molar-refractivity contribution in [3.05, 3.63) is 67.2 Å². The van der Waals surface area contributed by atoms with E-state index in [4.69, 9.17) is 0 Å². The molecular formula is C12H10F. The van der Waals surface area contributed by atoms with Crippen LogP contribution in [0, 0.1) is 37.4 Å². The van der Waals surface area contributed by atoms with Crippen LogP contribution in [0.2, 0.25) is 0 Å². The predicted molar refractivity (Wildman–Crippen MR) is 50.5 cm³/mol. The lowest BCUT2D eigenvalue weighted by atomic mass is 9.98. The van der Waals surface area contributed by atoms with Crippen LogP contribution in [0.5, 0.6) is 0 Å². The molecule has 13 heavy (non-hydrogen) atoms. The molecule has 5 radical (unpaired) electrons. The highest BCUT2D eigenvalue weighted by Crippen LogP contribution is 2.26. The number of halogens is 1. The van der Waals surface area contributed by atoms with Gasteiger partial charge in [-0.05, 0) is 55.7 Å².